The third-order valence-corrected chi connectivity index (χ3v) is 2.69. The maximum atomic E-state index is 11.0. The predicted octanol–water partition coefficient (Wildman–Crippen LogP) is 3.10. The minimum Gasteiger partial charge on any atom is -0.298 e. The van der Waals surface area contributed by atoms with Gasteiger partial charge in [-0.05, 0) is 17.6 Å². The molecule has 0 N–H and O–H groups in total. The van der Waals surface area contributed by atoms with E-state index in [1.165, 1.54) is 5.56 Å². The summed E-state index contributed by atoms with van der Waals surface area (Å²) in [7, 11) is 0. The van der Waals surface area contributed by atoms with Gasteiger partial charge in [0.2, 0.25) is 0 Å². The van der Waals surface area contributed by atoms with Gasteiger partial charge in [0.05, 0.1) is 0 Å². The lowest BCUT2D eigenvalue weighted by Crippen LogP contribution is -1.98. The van der Waals surface area contributed by atoms with E-state index in [9.17, 15) is 4.79 Å². The fraction of sp³-hybridized carbons (Fsp3) is 0.133. The minimum absolute atomic E-state index is 0.168. The molecule has 0 unspecified atom stereocenters. The standard InChI is InChI=1S/C15H14O/c16-12-15(14-8-4-5-9-14)11-10-13-6-2-1-3-7-13/h1-9,11-12,14H,10H2. The molecule has 0 aromatic heterocycles. The highest BCUT2D eigenvalue weighted by Crippen LogP contribution is 2.18. The average Bonchev–Trinajstić information content (AvgIpc) is 2.85. The largest absolute Gasteiger partial charge is 0.298 e. The number of carbonyl (C=O) groups is 1. The second-order valence-electron chi connectivity index (χ2n) is 3.81. The molecule has 1 aromatic rings. The van der Waals surface area contributed by atoms with Crippen molar-refractivity contribution in [1.29, 1.82) is 0 Å². The van der Waals surface area contributed by atoms with Crippen LogP contribution in [0.3, 0.4) is 0 Å². The van der Waals surface area contributed by atoms with Crippen LogP contribution in [0.1, 0.15) is 5.56 Å². The molecular formula is C15H14O. The van der Waals surface area contributed by atoms with Crippen molar-refractivity contribution in [2.75, 3.05) is 0 Å². The van der Waals surface area contributed by atoms with E-state index in [1.54, 1.807) is 0 Å². The lowest BCUT2D eigenvalue weighted by molar-refractivity contribution is -0.105. The second kappa shape index (κ2) is 5.26. The van der Waals surface area contributed by atoms with E-state index >= 15 is 0 Å². The minimum atomic E-state index is 0.168. The van der Waals surface area contributed by atoms with E-state index in [0.717, 1.165) is 18.3 Å². The van der Waals surface area contributed by atoms with Crippen molar-refractivity contribution < 1.29 is 4.79 Å². The first-order valence-corrected chi connectivity index (χ1v) is 5.44. The Hall–Kier alpha value is -1.89. The lowest BCUT2D eigenvalue weighted by atomic mass is 9.99. The molecule has 16 heavy (non-hydrogen) atoms. The molecule has 0 spiro atoms. The van der Waals surface area contributed by atoms with Gasteiger partial charge in [0.25, 0.3) is 0 Å². The van der Waals surface area contributed by atoms with Crippen molar-refractivity contribution in [3.05, 3.63) is 71.8 Å². The van der Waals surface area contributed by atoms with Gasteiger partial charge in [-0.25, -0.2) is 0 Å². The van der Waals surface area contributed by atoms with Gasteiger partial charge in [0.1, 0.15) is 6.29 Å². The summed E-state index contributed by atoms with van der Waals surface area (Å²) in [6.45, 7) is 0. The van der Waals surface area contributed by atoms with Crippen LogP contribution >= 0.6 is 0 Å². The molecule has 1 aromatic carbocycles. The molecule has 80 valence electrons. The zero-order chi connectivity index (χ0) is 11.2. The zero-order valence-electron chi connectivity index (χ0n) is 9.04. The monoisotopic (exact) mass is 210 g/mol. The van der Waals surface area contributed by atoms with E-state index in [2.05, 4.69) is 12.1 Å². The van der Waals surface area contributed by atoms with Crippen molar-refractivity contribution in [3.8, 4) is 0 Å². The third kappa shape index (κ3) is 2.57. The SMILES string of the molecule is O=CC(=CCc1ccccc1)C1C=CC=C1. The summed E-state index contributed by atoms with van der Waals surface area (Å²) in [5.74, 6) is 0.168. The topological polar surface area (TPSA) is 17.1 Å². The highest BCUT2D eigenvalue weighted by atomic mass is 16.1. The zero-order valence-corrected chi connectivity index (χ0v) is 9.04. The van der Waals surface area contributed by atoms with Gasteiger partial charge in [-0.15, -0.1) is 0 Å². The summed E-state index contributed by atoms with van der Waals surface area (Å²) in [5, 5.41) is 0. The molecule has 0 aliphatic heterocycles. The Bertz CT molecular complexity index is 426. The number of allylic oxidation sites excluding steroid dienone is 6. The summed E-state index contributed by atoms with van der Waals surface area (Å²) in [5.41, 5.74) is 2.07. The number of carbonyl (C=O) groups excluding carboxylic acids is 1. The summed E-state index contributed by atoms with van der Waals surface area (Å²) >= 11 is 0. The first-order chi connectivity index (χ1) is 7.90. The molecule has 0 atom stereocenters. The Morgan fingerprint density at radius 3 is 2.44 bits per heavy atom. The Kier molecular flexibility index (Phi) is 3.50. The third-order valence-electron chi connectivity index (χ3n) is 2.69. The van der Waals surface area contributed by atoms with Crippen LogP contribution in [0.5, 0.6) is 0 Å². The maximum Gasteiger partial charge on any atom is 0.146 e. The lowest BCUT2D eigenvalue weighted by Gasteiger charge is -2.04. The van der Waals surface area contributed by atoms with Crippen molar-refractivity contribution in [2.45, 2.75) is 6.42 Å². The number of rotatable bonds is 4. The summed E-state index contributed by atoms with van der Waals surface area (Å²) < 4.78 is 0. The molecule has 0 amide bonds. The van der Waals surface area contributed by atoms with Gasteiger partial charge in [0.15, 0.2) is 0 Å². The maximum absolute atomic E-state index is 11.0. The first kappa shape index (κ1) is 10.6. The molecule has 0 fully saturated rings. The van der Waals surface area contributed by atoms with Gasteiger partial charge in [-0.1, -0.05) is 60.7 Å². The van der Waals surface area contributed by atoms with Gasteiger partial charge in [0, 0.05) is 5.92 Å². The fourth-order valence-electron chi connectivity index (χ4n) is 1.77. The van der Waals surface area contributed by atoms with Crippen LogP contribution in [-0.2, 0) is 11.2 Å². The van der Waals surface area contributed by atoms with Crippen molar-refractivity contribution in [1.82, 2.24) is 0 Å². The van der Waals surface area contributed by atoms with E-state index in [0.29, 0.717) is 0 Å². The fourth-order valence-corrected chi connectivity index (χ4v) is 1.77. The highest BCUT2D eigenvalue weighted by molar-refractivity contribution is 5.75. The molecule has 0 radical (unpaired) electrons. The molecule has 1 aliphatic carbocycles. The molecule has 0 bridgehead atoms. The number of hydrogen-bond donors (Lipinski definition) is 0. The van der Waals surface area contributed by atoms with Crippen molar-refractivity contribution >= 4 is 6.29 Å². The van der Waals surface area contributed by atoms with Crippen LogP contribution in [0, 0.1) is 5.92 Å². The molecule has 0 saturated heterocycles. The first-order valence-electron chi connectivity index (χ1n) is 5.44. The van der Waals surface area contributed by atoms with Crippen LogP contribution in [-0.4, -0.2) is 6.29 Å². The van der Waals surface area contributed by atoms with Gasteiger partial charge in [-0.3, -0.25) is 4.79 Å². The van der Waals surface area contributed by atoms with Gasteiger partial charge in [-0.2, -0.15) is 0 Å². The number of hydrogen-bond acceptors (Lipinski definition) is 1. The van der Waals surface area contributed by atoms with Crippen LogP contribution in [0.15, 0.2) is 66.3 Å². The van der Waals surface area contributed by atoms with E-state index in [-0.39, 0.29) is 5.92 Å². The molecule has 1 heteroatoms. The predicted molar refractivity (Wildman–Crippen MR) is 66.1 cm³/mol. The summed E-state index contributed by atoms with van der Waals surface area (Å²) in [4.78, 5) is 11.0. The van der Waals surface area contributed by atoms with Crippen LogP contribution in [0.2, 0.25) is 0 Å². The average molecular weight is 210 g/mol. The summed E-state index contributed by atoms with van der Waals surface area (Å²) in [6.07, 6.45) is 11.8. The van der Waals surface area contributed by atoms with Crippen molar-refractivity contribution in [3.63, 3.8) is 0 Å². The molecule has 1 nitrogen and oxygen atoms in total. The van der Waals surface area contributed by atoms with Gasteiger partial charge >= 0.3 is 0 Å². The Balaban J connectivity index is 2.07. The van der Waals surface area contributed by atoms with Gasteiger partial charge < -0.3 is 0 Å². The second-order valence-corrected chi connectivity index (χ2v) is 3.81. The Morgan fingerprint density at radius 1 is 1.12 bits per heavy atom. The molecule has 0 saturated carbocycles. The van der Waals surface area contributed by atoms with E-state index < -0.39 is 0 Å². The van der Waals surface area contributed by atoms with E-state index in [1.807, 2.05) is 48.6 Å². The van der Waals surface area contributed by atoms with Crippen LogP contribution in [0.4, 0.5) is 0 Å². The molecular weight excluding hydrogens is 196 g/mol. The Morgan fingerprint density at radius 2 is 1.81 bits per heavy atom. The summed E-state index contributed by atoms with van der Waals surface area (Å²) in [6, 6.07) is 10.2. The van der Waals surface area contributed by atoms with E-state index in [4.69, 9.17) is 0 Å². The molecule has 1 aliphatic rings. The molecule has 2 rings (SSSR count). The Labute approximate surface area is 95.8 Å². The van der Waals surface area contributed by atoms with Crippen LogP contribution < -0.4 is 0 Å². The highest BCUT2D eigenvalue weighted by Gasteiger charge is 2.08. The quantitative estimate of drug-likeness (QED) is 0.551. The molecule has 0 heterocycles. The number of aldehydes is 1. The van der Waals surface area contributed by atoms with Crippen molar-refractivity contribution in [2.24, 2.45) is 5.92 Å². The normalized spacial score (nSPS) is 15.6. The number of benzene rings is 1. The van der Waals surface area contributed by atoms with Crippen LogP contribution in [0.25, 0.3) is 0 Å². The smallest absolute Gasteiger partial charge is 0.146 e.